The Hall–Kier alpha value is -3.15. The number of hydrogen-bond acceptors (Lipinski definition) is 3. The van der Waals surface area contributed by atoms with E-state index in [4.69, 9.17) is 0 Å². The van der Waals surface area contributed by atoms with E-state index in [1.807, 2.05) is 31.2 Å². The molecule has 0 spiro atoms. The van der Waals surface area contributed by atoms with Crippen molar-refractivity contribution in [1.29, 1.82) is 0 Å². The van der Waals surface area contributed by atoms with Crippen molar-refractivity contribution in [3.63, 3.8) is 0 Å². The van der Waals surface area contributed by atoms with Crippen LogP contribution in [-0.4, -0.2) is 26.1 Å². The minimum Gasteiger partial charge on any atom is -0.342 e. The molecule has 6 nitrogen and oxygen atoms in total. The number of nitrogens with zero attached hydrogens (tertiary/aromatic N) is 2. The molecule has 2 aromatic heterocycles. The maximum absolute atomic E-state index is 12.4. The van der Waals surface area contributed by atoms with E-state index in [9.17, 15) is 4.79 Å². The molecule has 22 heavy (non-hydrogen) atoms. The van der Waals surface area contributed by atoms with Crippen LogP contribution >= 0.6 is 0 Å². The maximum Gasteiger partial charge on any atom is 0.255 e. The topological polar surface area (TPSA) is 86.5 Å². The highest BCUT2D eigenvalue weighted by Gasteiger charge is 2.09. The molecule has 0 fully saturated rings. The highest BCUT2D eigenvalue weighted by atomic mass is 16.1. The molecule has 0 unspecified atom stereocenters. The maximum atomic E-state index is 12.4. The zero-order valence-corrected chi connectivity index (χ0v) is 11.8. The third-order valence-corrected chi connectivity index (χ3v) is 3.56. The number of rotatable bonds is 2. The van der Waals surface area contributed by atoms with Gasteiger partial charge in [-0.15, -0.1) is 0 Å². The number of aromatic amines is 2. The normalized spacial score (nSPS) is 11.1. The summed E-state index contributed by atoms with van der Waals surface area (Å²) in [5, 5.41) is 10.8. The van der Waals surface area contributed by atoms with Gasteiger partial charge in [-0.3, -0.25) is 9.89 Å². The van der Waals surface area contributed by atoms with Gasteiger partial charge in [-0.1, -0.05) is 0 Å². The van der Waals surface area contributed by atoms with Gasteiger partial charge in [-0.2, -0.15) is 5.10 Å². The van der Waals surface area contributed by atoms with Crippen molar-refractivity contribution in [3.8, 4) is 0 Å². The van der Waals surface area contributed by atoms with Gasteiger partial charge in [0, 0.05) is 16.6 Å². The minimum absolute atomic E-state index is 0.159. The molecule has 0 aliphatic carbocycles. The second kappa shape index (κ2) is 4.70. The number of nitrogens with one attached hydrogen (secondary N) is 3. The lowest BCUT2D eigenvalue weighted by molar-refractivity contribution is 0.102. The summed E-state index contributed by atoms with van der Waals surface area (Å²) in [5.74, 6) is 0.672. The molecule has 6 heteroatoms. The molecular formula is C16H13N5O. The van der Waals surface area contributed by atoms with E-state index in [0.717, 1.165) is 33.4 Å². The van der Waals surface area contributed by atoms with Gasteiger partial charge in [0.05, 0.1) is 22.7 Å². The number of aromatic nitrogens is 4. The molecule has 4 aromatic rings. The van der Waals surface area contributed by atoms with Crippen molar-refractivity contribution in [2.45, 2.75) is 6.92 Å². The van der Waals surface area contributed by atoms with E-state index >= 15 is 0 Å². The van der Waals surface area contributed by atoms with Crippen LogP contribution in [-0.2, 0) is 0 Å². The van der Waals surface area contributed by atoms with Crippen LogP contribution in [0, 0.1) is 6.92 Å². The smallest absolute Gasteiger partial charge is 0.255 e. The number of fused-ring (bicyclic) bond motifs is 2. The Morgan fingerprint density at radius 3 is 2.95 bits per heavy atom. The predicted molar refractivity (Wildman–Crippen MR) is 84.9 cm³/mol. The summed E-state index contributed by atoms with van der Waals surface area (Å²) in [6, 6.07) is 11.0. The molecule has 0 saturated heterocycles. The number of aryl methyl sites for hydroxylation is 1. The number of carbonyl (C=O) groups excluding carboxylic acids is 1. The lowest BCUT2D eigenvalue weighted by Gasteiger charge is -2.05. The van der Waals surface area contributed by atoms with Gasteiger partial charge in [0.2, 0.25) is 0 Å². The van der Waals surface area contributed by atoms with Crippen molar-refractivity contribution >= 4 is 33.5 Å². The van der Waals surface area contributed by atoms with Crippen LogP contribution in [0.2, 0.25) is 0 Å². The Morgan fingerprint density at radius 2 is 2.05 bits per heavy atom. The Kier molecular flexibility index (Phi) is 2.69. The van der Waals surface area contributed by atoms with E-state index in [1.165, 1.54) is 0 Å². The van der Waals surface area contributed by atoms with Crippen LogP contribution in [0.1, 0.15) is 16.2 Å². The van der Waals surface area contributed by atoms with E-state index in [-0.39, 0.29) is 5.91 Å². The number of imidazole rings is 1. The first-order chi connectivity index (χ1) is 10.7. The van der Waals surface area contributed by atoms with Crippen LogP contribution in [0.4, 0.5) is 5.69 Å². The molecule has 2 aromatic carbocycles. The number of anilines is 1. The monoisotopic (exact) mass is 291 g/mol. The van der Waals surface area contributed by atoms with Gasteiger partial charge in [0.15, 0.2) is 0 Å². The Morgan fingerprint density at radius 1 is 1.14 bits per heavy atom. The van der Waals surface area contributed by atoms with Crippen molar-refractivity contribution in [2.24, 2.45) is 0 Å². The fraction of sp³-hybridized carbons (Fsp3) is 0.0625. The quantitative estimate of drug-likeness (QED) is 0.530. The summed E-state index contributed by atoms with van der Waals surface area (Å²) in [4.78, 5) is 19.8. The fourth-order valence-electron chi connectivity index (χ4n) is 2.50. The molecule has 0 atom stereocenters. The molecule has 4 rings (SSSR count). The Bertz CT molecular complexity index is 998. The molecule has 0 saturated carbocycles. The van der Waals surface area contributed by atoms with Gasteiger partial charge in [0.25, 0.3) is 5.91 Å². The number of amides is 1. The van der Waals surface area contributed by atoms with Crippen LogP contribution in [0.15, 0.2) is 42.6 Å². The second-order valence-electron chi connectivity index (χ2n) is 5.18. The van der Waals surface area contributed by atoms with Gasteiger partial charge in [0.1, 0.15) is 5.82 Å². The van der Waals surface area contributed by atoms with Gasteiger partial charge >= 0.3 is 0 Å². The first-order valence-electron chi connectivity index (χ1n) is 6.90. The van der Waals surface area contributed by atoms with Crippen molar-refractivity contribution in [1.82, 2.24) is 20.2 Å². The standard InChI is InChI=1S/C16H13N5O/c1-9-18-13-5-3-10(6-15(13)19-9)16(22)20-12-4-2-11-8-17-21-14(11)7-12/h2-8H,1H3,(H,17,21)(H,18,19)(H,20,22). The summed E-state index contributed by atoms with van der Waals surface area (Å²) in [6.07, 6.45) is 1.75. The second-order valence-corrected chi connectivity index (χ2v) is 5.18. The molecule has 0 aliphatic heterocycles. The van der Waals surface area contributed by atoms with Crippen molar-refractivity contribution < 1.29 is 4.79 Å². The summed E-state index contributed by atoms with van der Waals surface area (Å²) in [5.41, 5.74) is 3.91. The highest BCUT2D eigenvalue weighted by Crippen LogP contribution is 2.18. The largest absolute Gasteiger partial charge is 0.342 e. The van der Waals surface area contributed by atoms with Gasteiger partial charge in [-0.25, -0.2) is 4.98 Å². The summed E-state index contributed by atoms with van der Waals surface area (Å²) in [7, 11) is 0. The van der Waals surface area contributed by atoms with Crippen LogP contribution < -0.4 is 5.32 Å². The zero-order chi connectivity index (χ0) is 15.1. The first kappa shape index (κ1) is 12.6. The molecule has 2 heterocycles. The van der Waals surface area contributed by atoms with E-state index < -0.39 is 0 Å². The average Bonchev–Trinajstić information content (AvgIpc) is 3.10. The van der Waals surface area contributed by atoms with Gasteiger partial charge in [-0.05, 0) is 43.3 Å². The number of hydrogen-bond donors (Lipinski definition) is 3. The van der Waals surface area contributed by atoms with Gasteiger partial charge < -0.3 is 10.3 Å². The van der Waals surface area contributed by atoms with Crippen LogP contribution in [0.25, 0.3) is 21.9 Å². The first-order valence-corrected chi connectivity index (χ1v) is 6.90. The molecule has 3 N–H and O–H groups in total. The fourth-order valence-corrected chi connectivity index (χ4v) is 2.50. The lowest BCUT2D eigenvalue weighted by Crippen LogP contribution is -2.11. The van der Waals surface area contributed by atoms with E-state index in [1.54, 1.807) is 18.3 Å². The zero-order valence-electron chi connectivity index (χ0n) is 11.8. The number of carbonyl (C=O) groups is 1. The molecular weight excluding hydrogens is 278 g/mol. The highest BCUT2D eigenvalue weighted by molar-refractivity contribution is 6.06. The average molecular weight is 291 g/mol. The number of benzene rings is 2. The van der Waals surface area contributed by atoms with Crippen molar-refractivity contribution in [2.75, 3.05) is 5.32 Å². The van der Waals surface area contributed by atoms with E-state index in [0.29, 0.717) is 5.56 Å². The molecule has 108 valence electrons. The molecule has 0 radical (unpaired) electrons. The Balaban J connectivity index is 1.64. The SMILES string of the molecule is Cc1nc2ccc(C(=O)Nc3ccc4cn[nH]c4c3)cc2[nH]1. The molecule has 1 amide bonds. The Labute approximate surface area is 125 Å². The van der Waals surface area contributed by atoms with Crippen molar-refractivity contribution in [3.05, 3.63) is 54.0 Å². The minimum atomic E-state index is -0.159. The third-order valence-electron chi connectivity index (χ3n) is 3.56. The lowest BCUT2D eigenvalue weighted by atomic mass is 10.1. The summed E-state index contributed by atoms with van der Waals surface area (Å²) in [6.45, 7) is 1.89. The van der Waals surface area contributed by atoms with E-state index in [2.05, 4.69) is 25.5 Å². The number of H-pyrrole nitrogens is 2. The summed E-state index contributed by atoms with van der Waals surface area (Å²) < 4.78 is 0. The third kappa shape index (κ3) is 2.10. The van der Waals surface area contributed by atoms with Crippen LogP contribution in [0.5, 0.6) is 0 Å². The van der Waals surface area contributed by atoms with Crippen LogP contribution in [0.3, 0.4) is 0 Å². The summed E-state index contributed by atoms with van der Waals surface area (Å²) >= 11 is 0. The molecule has 0 bridgehead atoms. The predicted octanol–water partition coefficient (Wildman–Crippen LogP) is 3.00. The molecule has 0 aliphatic rings.